The van der Waals surface area contributed by atoms with Gasteiger partial charge < -0.3 is 19.3 Å². The normalized spacial score (nSPS) is 16.8. The van der Waals surface area contributed by atoms with Gasteiger partial charge in [0.1, 0.15) is 16.9 Å². The zero-order valence-corrected chi connectivity index (χ0v) is 18.2. The summed E-state index contributed by atoms with van der Waals surface area (Å²) in [5.74, 6) is -2.63. The summed E-state index contributed by atoms with van der Waals surface area (Å²) in [6.45, 7) is 2.74. The van der Waals surface area contributed by atoms with Crippen molar-refractivity contribution in [2.75, 3.05) is 13.7 Å². The number of halogens is 1. The van der Waals surface area contributed by atoms with Crippen LogP contribution in [-0.4, -0.2) is 45.9 Å². The molecular formula is C23H21FN2O7. The fourth-order valence-electron chi connectivity index (χ4n) is 3.88. The van der Waals surface area contributed by atoms with Crippen LogP contribution in [0.1, 0.15) is 35.3 Å². The Balaban J connectivity index is 1.99. The Morgan fingerprint density at radius 2 is 2.00 bits per heavy atom. The number of hydrogen-bond donors (Lipinski definition) is 1. The van der Waals surface area contributed by atoms with Crippen LogP contribution in [0.4, 0.5) is 4.39 Å². The van der Waals surface area contributed by atoms with Gasteiger partial charge in [-0.05, 0) is 31.5 Å². The molecule has 0 spiro atoms. The standard InChI is InChI=1S/C23H21FN2O7/c1-4-32-21(29)15-18(27)16-17-19(13(10-25-16)9-12-5-7-14(24)8-6-12)33-23(2,22(30)31-3)11-26(17)20(15)28/h5-8,10,27H,4,9,11H2,1-3H3/t23-/m0/s1. The minimum atomic E-state index is -1.60. The minimum Gasteiger partial charge on any atom is -0.505 e. The maximum atomic E-state index is 13.3. The molecular weight excluding hydrogens is 435 g/mol. The summed E-state index contributed by atoms with van der Waals surface area (Å²) in [7, 11) is 1.19. The van der Waals surface area contributed by atoms with E-state index in [0.717, 1.165) is 10.1 Å². The SMILES string of the molecule is CCOC(=O)c1c(O)c2ncc(Cc3ccc(F)cc3)c3c2n(c1=O)C[C@@](C)(C(=O)OC)O3. The molecule has 1 aliphatic rings. The van der Waals surface area contributed by atoms with Gasteiger partial charge in [-0.3, -0.25) is 14.3 Å². The quantitative estimate of drug-likeness (QED) is 0.582. The van der Waals surface area contributed by atoms with E-state index in [1.54, 1.807) is 19.1 Å². The number of carbonyl (C=O) groups is 2. The van der Waals surface area contributed by atoms with Crippen molar-refractivity contribution < 1.29 is 33.3 Å². The Bertz CT molecular complexity index is 1330. The number of rotatable bonds is 5. The number of ether oxygens (including phenoxy) is 3. The van der Waals surface area contributed by atoms with E-state index in [-0.39, 0.29) is 36.4 Å². The second-order valence-corrected chi connectivity index (χ2v) is 7.77. The highest BCUT2D eigenvalue weighted by Crippen LogP contribution is 2.40. The predicted molar refractivity (Wildman–Crippen MR) is 114 cm³/mol. The van der Waals surface area contributed by atoms with Crippen molar-refractivity contribution >= 4 is 23.0 Å². The lowest BCUT2D eigenvalue weighted by Crippen LogP contribution is -2.51. The molecule has 172 valence electrons. The van der Waals surface area contributed by atoms with Gasteiger partial charge >= 0.3 is 11.9 Å². The average Bonchev–Trinajstić information content (AvgIpc) is 2.79. The number of pyridine rings is 2. The van der Waals surface area contributed by atoms with Crippen molar-refractivity contribution in [3.63, 3.8) is 0 Å². The smallest absolute Gasteiger partial charge is 0.351 e. The van der Waals surface area contributed by atoms with Crippen molar-refractivity contribution in [2.24, 2.45) is 0 Å². The van der Waals surface area contributed by atoms with Gasteiger partial charge in [0, 0.05) is 18.2 Å². The van der Waals surface area contributed by atoms with E-state index in [9.17, 15) is 23.9 Å². The lowest BCUT2D eigenvalue weighted by atomic mass is 9.99. The van der Waals surface area contributed by atoms with E-state index < -0.39 is 40.2 Å². The Morgan fingerprint density at radius 3 is 2.64 bits per heavy atom. The zero-order chi connectivity index (χ0) is 23.9. The molecule has 0 amide bonds. The highest BCUT2D eigenvalue weighted by Gasteiger charge is 2.44. The number of methoxy groups -OCH3 is 1. The second kappa shape index (κ2) is 8.19. The van der Waals surface area contributed by atoms with Crippen LogP contribution in [0.15, 0.2) is 35.3 Å². The van der Waals surface area contributed by atoms with Crippen molar-refractivity contribution in [1.82, 2.24) is 9.55 Å². The largest absolute Gasteiger partial charge is 0.505 e. The monoisotopic (exact) mass is 456 g/mol. The number of aromatic hydroxyl groups is 1. The molecule has 2 aromatic heterocycles. The molecule has 0 bridgehead atoms. The van der Waals surface area contributed by atoms with Crippen molar-refractivity contribution in [3.05, 3.63) is 63.3 Å². The summed E-state index contributed by atoms with van der Waals surface area (Å²) < 4.78 is 30.3. The maximum absolute atomic E-state index is 13.3. The van der Waals surface area contributed by atoms with Gasteiger partial charge in [0.05, 0.1) is 20.3 Å². The van der Waals surface area contributed by atoms with Gasteiger partial charge in [-0.15, -0.1) is 0 Å². The summed E-state index contributed by atoms with van der Waals surface area (Å²) in [4.78, 5) is 42.5. The van der Waals surface area contributed by atoms with Gasteiger partial charge in [0.2, 0.25) is 5.60 Å². The van der Waals surface area contributed by atoms with E-state index in [1.165, 1.54) is 32.4 Å². The number of esters is 2. The summed E-state index contributed by atoms with van der Waals surface area (Å²) in [6.07, 6.45) is 1.65. The van der Waals surface area contributed by atoms with Crippen LogP contribution in [0.5, 0.6) is 11.5 Å². The molecule has 0 radical (unpaired) electrons. The van der Waals surface area contributed by atoms with Gasteiger partial charge in [0.25, 0.3) is 5.56 Å². The van der Waals surface area contributed by atoms with E-state index in [2.05, 4.69) is 4.98 Å². The fourth-order valence-corrected chi connectivity index (χ4v) is 3.88. The second-order valence-electron chi connectivity index (χ2n) is 7.77. The molecule has 1 N–H and O–H groups in total. The minimum absolute atomic E-state index is 0.00593. The van der Waals surface area contributed by atoms with Gasteiger partial charge in [0.15, 0.2) is 17.1 Å². The Labute approximate surface area is 187 Å². The van der Waals surface area contributed by atoms with E-state index >= 15 is 0 Å². The van der Waals surface area contributed by atoms with Gasteiger partial charge in [-0.1, -0.05) is 12.1 Å². The van der Waals surface area contributed by atoms with Crippen LogP contribution in [0, 0.1) is 5.82 Å². The molecule has 1 aromatic carbocycles. The zero-order valence-electron chi connectivity index (χ0n) is 18.2. The van der Waals surface area contributed by atoms with Gasteiger partial charge in [-0.2, -0.15) is 0 Å². The molecule has 33 heavy (non-hydrogen) atoms. The fraction of sp³-hybridized carbons (Fsp3) is 0.304. The first-order valence-corrected chi connectivity index (χ1v) is 10.2. The molecule has 1 atom stereocenters. The molecule has 10 heteroatoms. The van der Waals surface area contributed by atoms with Crippen LogP contribution >= 0.6 is 0 Å². The molecule has 9 nitrogen and oxygen atoms in total. The summed E-state index contributed by atoms with van der Waals surface area (Å²) in [5.41, 5.74) is -1.74. The lowest BCUT2D eigenvalue weighted by molar-refractivity contribution is -0.159. The third-order valence-electron chi connectivity index (χ3n) is 5.46. The van der Waals surface area contributed by atoms with Crippen LogP contribution in [0.2, 0.25) is 0 Å². The van der Waals surface area contributed by atoms with E-state index in [0.29, 0.717) is 5.56 Å². The van der Waals surface area contributed by atoms with E-state index in [1.807, 2.05) is 0 Å². The predicted octanol–water partition coefficient (Wildman–Crippen LogP) is 2.33. The highest BCUT2D eigenvalue weighted by molar-refractivity contribution is 6.00. The molecule has 0 fully saturated rings. The van der Waals surface area contributed by atoms with Crippen LogP contribution in [0.3, 0.4) is 0 Å². The first-order chi connectivity index (χ1) is 15.7. The van der Waals surface area contributed by atoms with Crippen LogP contribution in [0.25, 0.3) is 11.0 Å². The molecule has 3 aromatic rings. The summed E-state index contributed by atoms with van der Waals surface area (Å²) in [6, 6.07) is 5.79. The maximum Gasteiger partial charge on any atom is 0.351 e. The lowest BCUT2D eigenvalue weighted by Gasteiger charge is -2.35. The summed E-state index contributed by atoms with van der Waals surface area (Å²) >= 11 is 0. The van der Waals surface area contributed by atoms with Crippen LogP contribution < -0.4 is 10.3 Å². The molecule has 1 aliphatic heterocycles. The molecule has 0 aliphatic carbocycles. The van der Waals surface area contributed by atoms with Crippen LogP contribution in [-0.2, 0) is 27.2 Å². The average molecular weight is 456 g/mol. The first-order valence-electron chi connectivity index (χ1n) is 10.2. The van der Waals surface area contributed by atoms with Crippen molar-refractivity contribution in [1.29, 1.82) is 0 Å². The summed E-state index contributed by atoms with van der Waals surface area (Å²) in [5, 5.41) is 10.7. The number of hydrogen-bond acceptors (Lipinski definition) is 8. The highest BCUT2D eigenvalue weighted by atomic mass is 19.1. The number of aromatic nitrogens is 2. The molecule has 4 rings (SSSR count). The number of nitrogens with zero attached hydrogens (tertiary/aromatic N) is 2. The molecule has 0 unspecified atom stereocenters. The molecule has 3 heterocycles. The Morgan fingerprint density at radius 1 is 1.30 bits per heavy atom. The van der Waals surface area contributed by atoms with Crippen molar-refractivity contribution in [3.8, 4) is 11.5 Å². The Kier molecular flexibility index (Phi) is 5.52. The first kappa shape index (κ1) is 22.3. The van der Waals surface area contributed by atoms with E-state index in [4.69, 9.17) is 14.2 Å². The number of benzene rings is 1. The topological polar surface area (TPSA) is 117 Å². The van der Waals surface area contributed by atoms with Gasteiger partial charge in [-0.25, -0.2) is 14.0 Å². The van der Waals surface area contributed by atoms with Crippen molar-refractivity contribution in [2.45, 2.75) is 32.4 Å². The third-order valence-corrected chi connectivity index (χ3v) is 5.46. The Hall–Kier alpha value is -3.95. The number of carbonyl (C=O) groups excluding carboxylic acids is 2. The third kappa shape index (κ3) is 3.67. The molecule has 0 saturated heterocycles. The molecule has 0 saturated carbocycles.